The highest BCUT2D eigenvalue weighted by Crippen LogP contribution is 2.28. The molecule has 0 atom stereocenters. The Kier molecular flexibility index (Phi) is 6.58. The van der Waals surface area contributed by atoms with E-state index in [-0.39, 0.29) is 12.5 Å². The highest BCUT2D eigenvalue weighted by Gasteiger charge is 2.05. The van der Waals surface area contributed by atoms with E-state index in [2.05, 4.69) is 15.4 Å². The smallest absolute Gasteiger partial charge is 0.244 e. The highest BCUT2D eigenvalue weighted by molar-refractivity contribution is 5.91. The summed E-state index contributed by atoms with van der Waals surface area (Å²) in [6.45, 7) is 0.301. The molecule has 0 radical (unpaired) electrons. The van der Waals surface area contributed by atoms with Gasteiger partial charge in [0.2, 0.25) is 5.91 Å². The van der Waals surface area contributed by atoms with Gasteiger partial charge in [0.25, 0.3) is 0 Å². The number of amides is 1. The molecular formula is C21H19N5O3. The van der Waals surface area contributed by atoms with Crippen molar-refractivity contribution in [3.63, 3.8) is 0 Å². The van der Waals surface area contributed by atoms with E-state index in [0.29, 0.717) is 23.9 Å². The van der Waals surface area contributed by atoms with Crippen LogP contribution in [0.15, 0.2) is 61.1 Å². The van der Waals surface area contributed by atoms with E-state index in [1.807, 2.05) is 24.3 Å². The molecule has 0 bridgehead atoms. The molecule has 146 valence electrons. The first kappa shape index (κ1) is 19.6. The van der Waals surface area contributed by atoms with Crippen molar-refractivity contribution in [2.45, 2.75) is 6.54 Å². The summed E-state index contributed by atoms with van der Waals surface area (Å²) in [7, 11) is 1.51. The zero-order valence-corrected chi connectivity index (χ0v) is 15.8. The van der Waals surface area contributed by atoms with Crippen LogP contribution in [0.2, 0.25) is 0 Å². The molecule has 0 unspecified atom stereocenters. The number of hydrogen-bond donors (Lipinski definition) is 1. The summed E-state index contributed by atoms with van der Waals surface area (Å²) in [6, 6.07) is 12.6. The molecule has 0 aliphatic rings. The highest BCUT2D eigenvalue weighted by atomic mass is 16.5. The zero-order valence-electron chi connectivity index (χ0n) is 15.8. The van der Waals surface area contributed by atoms with E-state index in [1.165, 1.54) is 13.2 Å². The van der Waals surface area contributed by atoms with Crippen LogP contribution in [0.25, 0.3) is 11.9 Å². The molecule has 1 aromatic carbocycles. The van der Waals surface area contributed by atoms with E-state index >= 15 is 0 Å². The van der Waals surface area contributed by atoms with Crippen molar-refractivity contribution in [1.82, 2.24) is 20.1 Å². The molecule has 3 rings (SSSR count). The largest absolute Gasteiger partial charge is 0.493 e. The number of ether oxygens (including phenoxy) is 2. The second kappa shape index (κ2) is 9.71. The van der Waals surface area contributed by atoms with Crippen molar-refractivity contribution in [2.24, 2.45) is 0 Å². The molecule has 0 fully saturated rings. The number of rotatable bonds is 8. The second-order valence-corrected chi connectivity index (χ2v) is 5.88. The van der Waals surface area contributed by atoms with Gasteiger partial charge in [-0.2, -0.15) is 10.4 Å². The number of carbonyl (C=O) groups excluding carboxylic acids is 1. The molecule has 8 heteroatoms. The Morgan fingerprint density at radius 2 is 2.17 bits per heavy atom. The number of carbonyl (C=O) groups is 1. The first-order chi connectivity index (χ1) is 14.2. The van der Waals surface area contributed by atoms with E-state index in [4.69, 9.17) is 14.7 Å². The minimum atomic E-state index is -0.230. The molecular weight excluding hydrogens is 370 g/mol. The first-order valence-electron chi connectivity index (χ1n) is 8.78. The quantitative estimate of drug-likeness (QED) is 0.594. The maximum Gasteiger partial charge on any atom is 0.244 e. The summed E-state index contributed by atoms with van der Waals surface area (Å²) in [5.41, 5.74) is 1.68. The lowest BCUT2D eigenvalue weighted by atomic mass is 10.2. The van der Waals surface area contributed by atoms with Gasteiger partial charge in [-0.15, -0.1) is 0 Å². The second-order valence-electron chi connectivity index (χ2n) is 5.88. The zero-order chi connectivity index (χ0) is 20.5. The van der Waals surface area contributed by atoms with Crippen LogP contribution in [-0.2, 0) is 11.3 Å². The number of hydrogen-bond acceptors (Lipinski definition) is 6. The standard InChI is InChI=1S/C21H19N5O3/c1-28-19-13-16(3-5-18(19)29-12-8-22)4-6-21(27)24-15-17-7-10-23-20(14-17)26-11-2-9-25-26/h2-7,9-11,13-14H,12,15H2,1H3,(H,24,27)/b6-4+. The van der Waals surface area contributed by atoms with Crippen LogP contribution >= 0.6 is 0 Å². The molecule has 0 spiro atoms. The maximum absolute atomic E-state index is 12.1. The molecule has 29 heavy (non-hydrogen) atoms. The van der Waals surface area contributed by atoms with Gasteiger partial charge in [-0.25, -0.2) is 9.67 Å². The lowest BCUT2D eigenvalue weighted by Gasteiger charge is -2.09. The van der Waals surface area contributed by atoms with Gasteiger partial charge in [-0.1, -0.05) is 6.07 Å². The number of benzene rings is 1. The van der Waals surface area contributed by atoms with Crippen molar-refractivity contribution in [1.29, 1.82) is 5.26 Å². The van der Waals surface area contributed by atoms with E-state index < -0.39 is 0 Å². The molecule has 2 aromatic heterocycles. The van der Waals surface area contributed by atoms with Crippen LogP contribution in [0.3, 0.4) is 0 Å². The molecule has 0 aliphatic carbocycles. The Labute approximate surface area is 168 Å². The maximum atomic E-state index is 12.1. The van der Waals surface area contributed by atoms with Gasteiger partial charge >= 0.3 is 0 Å². The fraction of sp³-hybridized carbons (Fsp3) is 0.143. The van der Waals surface area contributed by atoms with E-state index in [9.17, 15) is 4.79 Å². The van der Waals surface area contributed by atoms with Gasteiger partial charge in [0.15, 0.2) is 23.9 Å². The van der Waals surface area contributed by atoms with Crippen molar-refractivity contribution < 1.29 is 14.3 Å². The summed E-state index contributed by atoms with van der Waals surface area (Å²) in [6.07, 6.45) is 8.28. The lowest BCUT2D eigenvalue weighted by molar-refractivity contribution is -0.116. The van der Waals surface area contributed by atoms with Gasteiger partial charge in [0.05, 0.1) is 7.11 Å². The van der Waals surface area contributed by atoms with Crippen molar-refractivity contribution >= 4 is 12.0 Å². The van der Waals surface area contributed by atoms with Crippen LogP contribution in [0.1, 0.15) is 11.1 Å². The fourth-order valence-electron chi connectivity index (χ4n) is 2.54. The predicted octanol–water partition coefficient (Wildman–Crippen LogP) is 2.51. The molecule has 2 heterocycles. The van der Waals surface area contributed by atoms with Crippen LogP contribution in [0, 0.1) is 11.3 Å². The number of nitriles is 1. The Hall–Kier alpha value is -4.12. The third-order valence-electron chi connectivity index (χ3n) is 3.92. The summed E-state index contributed by atoms with van der Waals surface area (Å²) in [4.78, 5) is 16.4. The predicted molar refractivity (Wildman–Crippen MR) is 106 cm³/mol. The van der Waals surface area contributed by atoms with Crippen LogP contribution in [0.4, 0.5) is 0 Å². The number of nitrogens with one attached hydrogen (secondary N) is 1. The minimum absolute atomic E-state index is 0.0644. The van der Waals surface area contributed by atoms with E-state index in [1.54, 1.807) is 47.5 Å². The Bertz CT molecular complexity index is 1040. The fourth-order valence-corrected chi connectivity index (χ4v) is 2.54. The first-order valence-corrected chi connectivity index (χ1v) is 8.78. The van der Waals surface area contributed by atoms with Crippen molar-refractivity contribution in [2.75, 3.05) is 13.7 Å². The average Bonchev–Trinajstić information content (AvgIpc) is 3.30. The minimum Gasteiger partial charge on any atom is -0.493 e. The summed E-state index contributed by atoms with van der Waals surface area (Å²) in [5, 5.41) is 15.6. The van der Waals surface area contributed by atoms with Gasteiger partial charge in [0.1, 0.15) is 6.07 Å². The van der Waals surface area contributed by atoms with Gasteiger partial charge in [-0.05, 0) is 47.5 Å². The SMILES string of the molecule is COc1cc(/C=C/C(=O)NCc2ccnc(-n3cccn3)c2)ccc1OCC#N. The van der Waals surface area contributed by atoms with Crippen LogP contribution < -0.4 is 14.8 Å². The number of pyridine rings is 1. The molecule has 0 saturated carbocycles. The van der Waals surface area contributed by atoms with Crippen molar-refractivity contribution in [3.05, 3.63) is 72.2 Å². The van der Waals surface area contributed by atoms with Crippen molar-refractivity contribution in [3.8, 4) is 23.4 Å². The molecule has 1 amide bonds. The molecule has 0 saturated heterocycles. The third kappa shape index (κ3) is 5.43. The molecule has 8 nitrogen and oxygen atoms in total. The number of methoxy groups -OCH3 is 1. The van der Waals surface area contributed by atoms with Crippen LogP contribution in [0.5, 0.6) is 11.5 Å². The normalized spacial score (nSPS) is 10.5. The summed E-state index contributed by atoms with van der Waals surface area (Å²) < 4.78 is 12.2. The molecule has 0 aliphatic heterocycles. The topological polar surface area (TPSA) is 102 Å². The Morgan fingerprint density at radius 3 is 2.93 bits per heavy atom. The third-order valence-corrected chi connectivity index (χ3v) is 3.92. The van der Waals surface area contributed by atoms with E-state index in [0.717, 1.165) is 11.1 Å². The number of nitrogens with zero attached hydrogens (tertiary/aromatic N) is 4. The number of aromatic nitrogens is 3. The monoisotopic (exact) mass is 389 g/mol. The average molecular weight is 389 g/mol. The Morgan fingerprint density at radius 1 is 1.28 bits per heavy atom. The summed E-state index contributed by atoms with van der Waals surface area (Å²) >= 11 is 0. The summed E-state index contributed by atoms with van der Waals surface area (Å²) in [5.74, 6) is 1.42. The van der Waals surface area contributed by atoms with Gasteiger partial charge < -0.3 is 14.8 Å². The molecule has 1 N–H and O–H groups in total. The lowest BCUT2D eigenvalue weighted by Crippen LogP contribution is -2.20. The van der Waals surface area contributed by atoms with Gasteiger partial charge in [0, 0.05) is 31.2 Å². The van der Waals surface area contributed by atoms with Crippen LogP contribution in [-0.4, -0.2) is 34.4 Å². The van der Waals surface area contributed by atoms with Gasteiger partial charge in [-0.3, -0.25) is 4.79 Å². The Balaban J connectivity index is 1.59. The molecule has 3 aromatic rings.